The molecule has 0 amide bonds. The van der Waals surface area contributed by atoms with Crippen LogP contribution in [0.4, 0.5) is 0 Å². The SMILES string of the molecule is CC1(COCCc2ccc(CCOCC3(C)COC3)cc2)COC1. The van der Waals surface area contributed by atoms with Gasteiger partial charge in [-0.25, -0.2) is 0 Å². The van der Waals surface area contributed by atoms with Crippen LogP contribution in [0.15, 0.2) is 24.3 Å². The van der Waals surface area contributed by atoms with Crippen LogP contribution in [0.3, 0.4) is 0 Å². The molecule has 0 aromatic heterocycles. The Morgan fingerprint density at radius 1 is 0.750 bits per heavy atom. The Morgan fingerprint density at radius 2 is 1.12 bits per heavy atom. The predicted molar refractivity (Wildman–Crippen MR) is 93.3 cm³/mol. The third-order valence-electron chi connectivity index (χ3n) is 4.80. The van der Waals surface area contributed by atoms with Gasteiger partial charge in [0.05, 0.1) is 52.9 Å². The molecule has 0 saturated carbocycles. The smallest absolute Gasteiger partial charge is 0.0564 e. The number of benzene rings is 1. The first-order chi connectivity index (χ1) is 11.6. The van der Waals surface area contributed by atoms with Gasteiger partial charge < -0.3 is 18.9 Å². The fourth-order valence-corrected chi connectivity index (χ4v) is 2.96. The molecule has 24 heavy (non-hydrogen) atoms. The Bertz CT molecular complexity index is 456. The van der Waals surface area contributed by atoms with Crippen LogP contribution in [-0.2, 0) is 31.8 Å². The standard InChI is InChI=1S/C20H30O4/c1-19(13-23-14-19)11-21-9-7-17-3-5-18(6-4-17)8-10-22-12-20(2)15-24-16-20/h3-6H,7-16H2,1-2H3. The highest BCUT2D eigenvalue weighted by Gasteiger charge is 2.34. The Balaban J connectivity index is 1.28. The molecule has 2 aliphatic heterocycles. The van der Waals surface area contributed by atoms with Crippen molar-refractivity contribution in [1.82, 2.24) is 0 Å². The van der Waals surface area contributed by atoms with Crippen LogP contribution in [-0.4, -0.2) is 52.9 Å². The molecule has 1 aromatic rings. The van der Waals surface area contributed by atoms with Gasteiger partial charge in [0.15, 0.2) is 0 Å². The fourth-order valence-electron chi connectivity index (χ4n) is 2.96. The first-order valence-electron chi connectivity index (χ1n) is 8.96. The summed E-state index contributed by atoms with van der Waals surface area (Å²) in [4.78, 5) is 0. The molecule has 0 bridgehead atoms. The lowest BCUT2D eigenvalue weighted by Crippen LogP contribution is -2.43. The molecule has 0 aliphatic carbocycles. The van der Waals surface area contributed by atoms with Crippen molar-refractivity contribution in [2.45, 2.75) is 26.7 Å². The predicted octanol–water partition coefficient (Wildman–Crippen LogP) is 2.88. The van der Waals surface area contributed by atoms with Gasteiger partial charge in [0.1, 0.15) is 0 Å². The molecule has 2 saturated heterocycles. The minimum atomic E-state index is 0.243. The zero-order valence-corrected chi connectivity index (χ0v) is 15.0. The number of hydrogen-bond donors (Lipinski definition) is 0. The van der Waals surface area contributed by atoms with E-state index in [1.807, 2.05) is 0 Å². The molecule has 2 aliphatic rings. The highest BCUT2D eigenvalue weighted by atomic mass is 16.5. The maximum Gasteiger partial charge on any atom is 0.0564 e. The third-order valence-corrected chi connectivity index (χ3v) is 4.80. The van der Waals surface area contributed by atoms with Crippen LogP contribution >= 0.6 is 0 Å². The molecule has 1 aromatic carbocycles. The summed E-state index contributed by atoms with van der Waals surface area (Å²) >= 11 is 0. The van der Waals surface area contributed by atoms with Crippen LogP contribution in [0.5, 0.6) is 0 Å². The van der Waals surface area contributed by atoms with Crippen molar-refractivity contribution >= 4 is 0 Å². The van der Waals surface area contributed by atoms with Crippen LogP contribution < -0.4 is 0 Å². The molecule has 2 heterocycles. The van der Waals surface area contributed by atoms with E-state index in [9.17, 15) is 0 Å². The van der Waals surface area contributed by atoms with E-state index in [0.717, 1.165) is 65.7 Å². The van der Waals surface area contributed by atoms with Crippen molar-refractivity contribution in [3.63, 3.8) is 0 Å². The van der Waals surface area contributed by atoms with Gasteiger partial charge in [-0.2, -0.15) is 0 Å². The normalized spacial score (nSPS) is 21.1. The molecular formula is C20H30O4. The lowest BCUT2D eigenvalue weighted by atomic mass is 9.90. The number of rotatable bonds is 10. The van der Waals surface area contributed by atoms with Gasteiger partial charge in [0.25, 0.3) is 0 Å². The minimum absolute atomic E-state index is 0.243. The summed E-state index contributed by atoms with van der Waals surface area (Å²) in [5, 5.41) is 0. The van der Waals surface area contributed by atoms with Crippen molar-refractivity contribution in [3.05, 3.63) is 35.4 Å². The third kappa shape index (κ3) is 5.03. The number of ether oxygens (including phenoxy) is 4. The maximum atomic E-state index is 5.79. The highest BCUT2D eigenvalue weighted by molar-refractivity contribution is 5.22. The average molecular weight is 334 g/mol. The van der Waals surface area contributed by atoms with E-state index in [-0.39, 0.29) is 10.8 Å². The first kappa shape index (κ1) is 17.9. The van der Waals surface area contributed by atoms with E-state index in [1.165, 1.54) is 11.1 Å². The van der Waals surface area contributed by atoms with Crippen molar-refractivity contribution < 1.29 is 18.9 Å². The Kier molecular flexibility index (Phi) is 5.93. The zero-order valence-electron chi connectivity index (χ0n) is 15.0. The topological polar surface area (TPSA) is 36.9 Å². The lowest BCUT2D eigenvalue weighted by Gasteiger charge is -2.37. The lowest BCUT2D eigenvalue weighted by molar-refractivity contribution is -0.137. The zero-order chi connectivity index (χ0) is 16.9. The van der Waals surface area contributed by atoms with E-state index in [1.54, 1.807) is 0 Å². The summed E-state index contributed by atoms with van der Waals surface area (Å²) in [6.07, 6.45) is 1.93. The van der Waals surface area contributed by atoms with Gasteiger partial charge in [0.2, 0.25) is 0 Å². The van der Waals surface area contributed by atoms with Gasteiger partial charge in [-0.15, -0.1) is 0 Å². The monoisotopic (exact) mass is 334 g/mol. The minimum Gasteiger partial charge on any atom is -0.380 e. The summed E-state index contributed by atoms with van der Waals surface area (Å²) in [5.41, 5.74) is 3.14. The largest absolute Gasteiger partial charge is 0.380 e. The van der Waals surface area contributed by atoms with Gasteiger partial charge in [-0.05, 0) is 24.0 Å². The van der Waals surface area contributed by atoms with Gasteiger partial charge in [0, 0.05) is 10.8 Å². The van der Waals surface area contributed by atoms with Gasteiger partial charge in [-0.3, -0.25) is 0 Å². The van der Waals surface area contributed by atoms with Crippen LogP contribution in [0, 0.1) is 10.8 Å². The van der Waals surface area contributed by atoms with Crippen molar-refractivity contribution in [1.29, 1.82) is 0 Å². The molecule has 4 nitrogen and oxygen atoms in total. The second kappa shape index (κ2) is 7.96. The molecule has 0 N–H and O–H groups in total. The first-order valence-corrected chi connectivity index (χ1v) is 8.96. The van der Waals surface area contributed by atoms with Crippen molar-refractivity contribution in [2.24, 2.45) is 10.8 Å². The maximum absolute atomic E-state index is 5.79. The molecule has 0 spiro atoms. The molecular weight excluding hydrogens is 304 g/mol. The van der Waals surface area contributed by atoms with E-state index < -0.39 is 0 Å². The summed E-state index contributed by atoms with van der Waals surface area (Å²) in [6, 6.07) is 8.81. The highest BCUT2D eigenvalue weighted by Crippen LogP contribution is 2.27. The van der Waals surface area contributed by atoms with E-state index in [0.29, 0.717) is 0 Å². The Hall–Kier alpha value is -0.940. The van der Waals surface area contributed by atoms with E-state index in [2.05, 4.69) is 38.1 Å². The molecule has 3 rings (SSSR count). The molecule has 2 fully saturated rings. The van der Waals surface area contributed by atoms with E-state index >= 15 is 0 Å². The van der Waals surface area contributed by atoms with E-state index in [4.69, 9.17) is 18.9 Å². The molecule has 134 valence electrons. The summed E-state index contributed by atoms with van der Waals surface area (Å²) in [7, 11) is 0. The molecule has 4 heteroatoms. The molecule has 0 radical (unpaired) electrons. The Morgan fingerprint density at radius 3 is 1.42 bits per heavy atom. The summed E-state index contributed by atoms with van der Waals surface area (Å²) in [6.45, 7) is 10.9. The quantitative estimate of drug-likeness (QED) is 0.617. The second-order valence-corrected chi connectivity index (χ2v) is 8.03. The molecule has 0 unspecified atom stereocenters. The summed E-state index contributed by atoms with van der Waals surface area (Å²) in [5.74, 6) is 0. The molecule has 0 atom stereocenters. The average Bonchev–Trinajstić information content (AvgIpc) is 2.53. The van der Waals surface area contributed by atoms with Gasteiger partial charge >= 0.3 is 0 Å². The van der Waals surface area contributed by atoms with Crippen LogP contribution in [0.1, 0.15) is 25.0 Å². The Labute approximate surface area is 145 Å². The second-order valence-electron chi connectivity index (χ2n) is 8.03. The van der Waals surface area contributed by atoms with Crippen molar-refractivity contribution in [2.75, 3.05) is 52.9 Å². The van der Waals surface area contributed by atoms with Crippen LogP contribution in [0.2, 0.25) is 0 Å². The fraction of sp³-hybridized carbons (Fsp3) is 0.700. The number of hydrogen-bond acceptors (Lipinski definition) is 4. The van der Waals surface area contributed by atoms with Crippen molar-refractivity contribution in [3.8, 4) is 0 Å². The van der Waals surface area contributed by atoms with Gasteiger partial charge in [-0.1, -0.05) is 38.1 Å². The summed E-state index contributed by atoms with van der Waals surface area (Å²) < 4.78 is 22.1. The van der Waals surface area contributed by atoms with Crippen LogP contribution in [0.25, 0.3) is 0 Å².